The van der Waals surface area contributed by atoms with Crippen molar-refractivity contribution >= 4 is 11.5 Å². The molecular weight excluding hydrogens is 210 g/mol. The number of pyridine rings is 1. The molecule has 1 rings (SSSR count). The van der Waals surface area contributed by atoms with Crippen LogP contribution in [0.15, 0.2) is 6.07 Å². The fourth-order valence-electron chi connectivity index (χ4n) is 1.45. The molecule has 0 aliphatic heterocycles. The Labute approximate surface area is 93.5 Å². The molecule has 0 bridgehead atoms. The van der Waals surface area contributed by atoms with Crippen LogP contribution >= 0.6 is 0 Å². The maximum Gasteiger partial charge on any atom is 0.146 e. The first-order valence-electron chi connectivity index (χ1n) is 4.96. The second-order valence-electron chi connectivity index (χ2n) is 3.66. The molecule has 6 nitrogen and oxygen atoms in total. The molecule has 7 N–H and O–H groups in total. The predicted molar refractivity (Wildman–Crippen MR) is 60.5 cm³/mol. The number of nitrogens with zero attached hydrogens (tertiary/aromatic N) is 1. The Balaban J connectivity index is 2.99. The standard InChI is InChI=1S/C10H17N3O3/c1-5-6(4-7(11)10(12)13-5)9(16)8(15)2-3-14/h4,8-9,14-16H,2-3,11H2,1H3,(H2,12,13). The van der Waals surface area contributed by atoms with Gasteiger partial charge < -0.3 is 26.8 Å². The van der Waals surface area contributed by atoms with Crippen molar-refractivity contribution in [2.45, 2.75) is 25.6 Å². The van der Waals surface area contributed by atoms with Crippen LogP contribution in [0.1, 0.15) is 23.8 Å². The van der Waals surface area contributed by atoms with E-state index < -0.39 is 12.2 Å². The number of hydrogen-bond donors (Lipinski definition) is 5. The Hall–Kier alpha value is -1.37. The number of nitrogen functional groups attached to an aromatic ring is 2. The van der Waals surface area contributed by atoms with E-state index in [1.54, 1.807) is 6.92 Å². The average molecular weight is 227 g/mol. The summed E-state index contributed by atoms with van der Waals surface area (Å²) in [5, 5.41) is 28.0. The van der Waals surface area contributed by atoms with Crippen LogP contribution in [0.5, 0.6) is 0 Å². The number of aliphatic hydroxyl groups excluding tert-OH is 3. The molecule has 0 amide bonds. The first kappa shape index (κ1) is 12.7. The molecule has 0 aliphatic carbocycles. The van der Waals surface area contributed by atoms with Crippen molar-refractivity contribution in [3.05, 3.63) is 17.3 Å². The molecule has 6 heteroatoms. The minimum atomic E-state index is -1.12. The van der Waals surface area contributed by atoms with E-state index in [0.717, 1.165) is 0 Å². The maximum atomic E-state index is 9.82. The smallest absolute Gasteiger partial charge is 0.146 e. The van der Waals surface area contributed by atoms with E-state index in [1.807, 2.05) is 0 Å². The zero-order valence-electron chi connectivity index (χ0n) is 9.09. The predicted octanol–water partition coefficient (Wildman–Crippen LogP) is -0.669. The van der Waals surface area contributed by atoms with Crippen molar-refractivity contribution in [1.82, 2.24) is 4.98 Å². The molecule has 1 aromatic rings. The van der Waals surface area contributed by atoms with Crippen LogP contribution in [0.3, 0.4) is 0 Å². The van der Waals surface area contributed by atoms with Crippen LogP contribution in [-0.4, -0.2) is 33.0 Å². The van der Waals surface area contributed by atoms with Crippen molar-refractivity contribution < 1.29 is 15.3 Å². The number of aliphatic hydroxyl groups is 3. The number of anilines is 2. The third-order valence-corrected chi connectivity index (χ3v) is 2.42. The summed E-state index contributed by atoms with van der Waals surface area (Å²) < 4.78 is 0. The summed E-state index contributed by atoms with van der Waals surface area (Å²) in [6, 6.07) is 1.49. The molecule has 2 atom stereocenters. The highest BCUT2D eigenvalue weighted by atomic mass is 16.3. The van der Waals surface area contributed by atoms with Crippen LogP contribution in [-0.2, 0) is 0 Å². The molecule has 0 saturated heterocycles. The topological polar surface area (TPSA) is 126 Å². The van der Waals surface area contributed by atoms with E-state index >= 15 is 0 Å². The second-order valence-corrected chi connectivity index (χ2v) is 3.66. The van der Waals surface area contributed by atoms with Crippen molar-refractivity contribution in [1.29, 1.82) is 0 Å². The van der Waals surface area contributed by atoms with Crippen LogP contribution in [0.2, 0.25) is 0 Å². The molecule has 0 saturated carbocycles. The lowest BCUT2D eigenvalue weighted by atomic mass is 10.0. The Morgan fingerprint density at radius 2 is 2.00 bits per heavy atom. The Kier molecular flexibility index (Phi) is 4.05. The minimum Gasteiger partial charge on any atom is -0.396 e. The molecule has 0 aromatic carbocycles. The van der Waals surface area contributed by atoms with E-state index in [-0.39, 0.29) is 24.5 Å². The quantitative estimate of drug-likeness (QED) is 0.464. The molecule has 1 aromatic heterocycles. The van der Waals surface area contributed by atoms with Gasteiger partial charge in [-0.25, -0.2) is 4.98 Å². The summed E-state index contributed by atoms with van der Waals surface area (Å²) in [6.07, 6.45) is -2.08. The molecule has 1 heterocycles. The average Bonchev–Trinajstić information content (AvgIpc) is 2.23. The van der Waals surface area contributed by atoms with Gasteiger partial charge >= 0.3 is 0 Å². The number of nitrogens with two attached hydrogens (primary N) is 2. The second kappa shape index (κ2) is 5.11. The van der Waals surface area contributed by atoms with Gasteiger partial charge in [-0.1, -0.05) is 0 Å². The Morgan fingerprint density at radius 1 is 1.38 bits per heavy atom. The summed E-state index contributed by atoms with van der Waals surface area (Å²) in [7, 11) is 0. The summed E-state index contributed by atoms with van der Waals surface area (Å²) in [6.45, 7) is 1.47. The van der Waals surface area contributed by atoms with Crippen molar-refractivity contribution in [2.75, 3.05) is 18.1 Å². The van der Waals surface area contributed by atoms with Gasteiger partial charge in [-0.3, -0.25) is 0 Å². The highest BCUT2D eigenvalue weighted by molar-refractivity contribution is 5.60. The molecule has 2 unspecified atom stereocenters. The van der Waals surface area contributed by atoms with Crippen LogP contribution < -0.4 is 11.5 Å². The molecule has 90 valence electrons. The monoisotopic (exact) mass is 227 g/mol. The van der Waals surface area contributed by atoms with Gasteiger partial charge in [0.25, 0.3) is 0 Å². The summed E-state index contributed by atoms with van der Waals surface area (Å²) >= 11 is 0. The van der Waals surface area contributed by atoms with E-state index in [9.17, 15) is 10.2 Å². The van der Waals surface area contributed by atoms with Crippen LogP contribution in [0, 0.1) is 6.92 Å². The number of hydrogen-bond acceptors (Lipinski definition) is 6. The molecular formula is C10H17N3O3. The molecule has 0 spiro atoms. The maximum absolute atomic E-state index is 9.82. The van der Waals surface area contributed by atoms with Gasteiger partial charge in [0, 0.05) is 17.9 Å². The third kappa shape index (κ3) is 2.60. The molecule has 0 radical (unpaired) electrons. The van der Waals surface area contributed by atoms with Gasteiger partial charge in [-0.05, 0) is 19.4 Å². The van der Waals surface area contributed by atoms with Gasteiger partial charge in [0.15, 0.2) is 0 Å². The fourth-order valence-corrected chi connectivity index (χ4v) is 1.45. The zero-order chi connectivity index (χ0) is 12.3. The van der Waals surface area contributed by atoms with E-state index in [1.165, 1.54) is 6.07 Å². The highest BCUT2D eigenvalue weighted by Gasteiger charge is 2.21. The van der Waals surface area contributed by atoms with E-state index in [2.05, 4.69) is 4.98 Å². The summed E-state index contributed by atoms with van der Waals surface area (Å²) in [5.41, 5.74) is 12.3. The van der Waals surface area contributed by atoms with Gasteiger partial charge in [-0.15, -0.1) is 0 Å². The first-order chi connectivity index (χ1) is 7.47. The van der Waals surface area contributed by atoms with Crippen LogP contribution in [0.4, 0.5) is 11.5 Å². The lowest BCUT2D eigenvalue weighted by molar-refractivity contribution is 0.00372. The minimum absolute atomic E-state index is 0.0882. The zero-order valence-corrected chi connectivity index (χ0v) is 9.09. The van der Waals surface area contributed by atoms with Gasteiger partial charge in [0.1, 0.15) is 11.9 Å². The van der Waals surface area contributed by atoms with Crippen LogP contribution in [0.25, 0.3) is 0 Å². The SMILES string of the molecule is Cc1nc(N)c(N)cc1C(O)C(O)CCO. The molecule has 0 fully saturated rings. The van der Waals surface area contributed by atoms with E-state index in [0.29, 0.717) is 11.3 Å². The summed E-state index contributed by atoms with van der Waals surface area (Å²) in [4.78, 5) is 3.96. The number of aryl methyl sites for hydroxylation is 1. The Morgan fingerprint density at radius 3 is 2.56 bits per heavy atom. The number of rotatable bonds is 4. The third-order valence-electron chi connectivity index (χ3n) is 2.42. The van der Waals surface area contributed by atoms with Gasteiger partial charge in [0.05, 0.1) is 11.8 Å². The van der Waals surface area contributed by atoms with Gasteiger partial charge in [0.2, 0.25) is 0 Å². The summed E-state index contributed by atoms with van der Waals surface area (Å²) in [5.74, 6) is 0.199. The normalized spacial score (nSPS) is 14.8. The largest absolute Gasteiger partial charge is 0.396 e. The first-order valence-corrected chi connectivity index (χ1v) is 4.96. The molecule has 16 heavy (non-hydrogen) atoms. The fraction of sp³-hybridized carbons (Fsp3) is 0.500. The Bertz CT molecular complexity index is 371. The lowest BCUT2D eigenvalue weighted by Gasteiger charge is -2.19. The molecule has 0 aliphatic rings. The van der Waals surface area contributed by atoms with Gasteiger partial charge in [-0.2, -0.15) is 0 Å². The highest BCUT2D eigenvalue weighted by Crippen LogP contribution is 2.25. The van der Waals surface area contributed by atoms with Crippen molar-refractivity contribution in [3.63, 3.8) is 0 Å². The van der Waals surface area contributed by atoms with Crippen molar-refractivity contribution in [3.8, 4) is 0 Å². The number of aromatic nitrogens is 1. The van der Waals surface area contributed by atoms with E-state index in [4.69, 9.17) is 16.6 Å². The van der Waals surface area contributed by atoms with Crippen molar-refractivity contribution in [2.24, 2.45) is 0 Å². The lowest BCUT2D eigenvalue weighted by Crippen LogP contribution is -2.21.